The van der Waals surface area contributed by atoms with Crippen LogP contribution in [0.1, 0.15) is 70.0 Å². The first-order chi connectivity index (χ1) is 13.0. The van der Waals surface area contributed by atoms with E-state index < -0.39 is 0 Å². The molecule has 2 heterocycles. The largest absolute Gasteiger partial charge is 0.490 e. The van der Waals surface area contributed by atoms with Crippen molar-refractivity contribution >= 4 is 11.7 Å². The summed E-state index contributed by atoms with van der Waals surface area (Å²) < 4.78 is 17.1. The summed E-state index contributed by atoms with van der Waals surface area (Å²) in [6.07, 6.45) is 2.78. The third-order valence-corrected chi connectivity index (χ3v) is 5.09. The Hall–Kier alpha value is -2.76. The van der Waals surface area contributed by atoms with Crippen molar-refractivity contribution in [2.24, 2.45) is 0 Å². The van der Waals surface area contributed by atoms with Crippen LogP contribution in [0, 0.1) is 6.92 Å². The average Bonchev–Trinajstić information content (AvgIpc) is 2.83. The molecule has 1 aliphatic heterocycles. The van der Waals surface area contributed by atoms with Gasteiger partial charge in [0.05, 0.1) is 30.4 Å². The number of fused-ring (bicyclic) bond motifs is 2. The minimum Gasteiger partial charge on any atom is -0.490 e. The van der Waals surface area contributed by atoms with Gasteiger partial charge in [-0.25, -0.2) is 0 Å². The number of hydrogen-bond donors (Lipinski definition) is 1. The van der Waals surface area contributed by atoms with Crippen molar-refractivity contribution in [1.82, 2.24) is 5.32 Å². The van der Waals surface area contributed by atoms with E-state index in [9.17, 15) is 9.59 Å². The van der Waals surface area contributed by atoms with Crippen LogP contribution in [0.5, 0.6) is 11.5 Å². The van der Waals surface area contributed by atoms with E-state index in [-0.39, 0.29) is 17.7 Å². The Morgan fingerprint density at radius 1 is 1.11 bits per heavy atom. The maximum Gasteiger partial charge on any atom is 0.256 e. The molecule has 1 aliphatic carbocycles. The van der Waals surface area contributed by atoms with Crippen LogP contribution in [0.2, 0.25) is 0 Å². The Balaban J connectivity index is 1.56. The summed E-state index contributed by atoms with van der Waals surface area (Å²) in [4.78, 5) is 25.2. The molecule has 0 unspecified atom stereocenters. The second-order valence-corrected chi connectivity index (χ2v) is 7.06. The zero-order chi connectivity index (χ0) is 19.0. The van der Waals surface area contributed by atoms with E-state index in [4.69, 9.17) is 13.9 Å². The molecule has 1 aromatic heterocycles. The molecule has 0 radical (unpaired) electrons. The van der Waals surface area contributed by atoms with Crippen LogP contribution in [0.25, 0.3) is 0 Å². The first kappa shape index (κ1) is 17.6. The fourth-order valence-electron chi connectivity index (χ4n) is 3.68. The molecule has 142 valence electrons. The number of aryl methyl sites for hydroxylation is 2. The Labute approximate surface area is 157 Å². The molecule has 2 aliphatic rings. The molecule has 6 heteroatoms. The first-order valence-electron chi connectivity index (χ1n) is 9.40. The van der Waals surface area contributed by atoms with Gasteiger partial charge in [0.2, 0.25) is 0 Å². The molecule has 6 nitrogen and oxygen atoms in total. The molecule has 1 aromatic carbocycles. The number of nitrogens with one attached hydrogen (secondary N) is 1. The molecule has 1 atom stereocenters. The summed E-state index contributed by atoms with van der Waals surface area (Å²) in [7, 11) is 0. The van der Waals surface area contributed by atoms with Gasteiger partial charge in [0, 0.05) is 19.3 Å². The second kappa shape index (κ2) is 7.10. The first-order valence-corrected chi connectivity index (χ1v) is 9.40. The normalized spacial score (nSPS) is 17.0. The summed E-state index contributed by atoms with van der Waals surface area (Å²) >= 11 is 0. The molecule has 2 aromatic rings. The van der Waals surface area contributed by atoms with E-state index >= 15 is 0 Å². The van der Waals surface area contributed by atoms with Gasteiger partial charge in [-0.2, -0.15) is 0 Å². The lowest BCUT2D eigenvalue weighted by Gasteiger charge is -2.17. The van der Waals surface area contributed by atoms with Crippen LogP contribution in [0.3, 0.4) is 0 Å². The molecule has 1 N–H and O–H groups in total. The quantitative estimate of drug-likeness (QED) is 0.891. The zero-order valence-electron chi connectivity index (χ0n) is 15.6. The molecule has 1 amide bonds. The van der Waals surface area contributed by atoms with E-state index in [1.165, 1.54) is 0 Å². The number of furan rings is 1. The second-order valence-electron chi connectivity index (χ2n) is 7.06. The number of Topliss-reactive ketones (excluding diaryl/α,β-unsaturated/α-hetero) is 1. The summed E-state index contributed by atoms with van der Waals surface area (Å²) in [5.74, 6) is 2.25. The molecule has 0 saturated carbocycles. The molecule has 27 heavy (non-hydrogen) atoms. The van der Waals surface area contributed by atoms with Gasteiger partial charge in [0.1, 0.15) is 11.5 Å². The highest BCUT2D eigenvalue weighted by molar-refractivity contribution is 6.10. The highest BCUT2D eigenvalue weighted by Gasteiger charge is 2.31. The van der Waals surface area contributed by atoms with Crippen molar-refractivity contribution < 1.29 is 23.5 Å². The van der Waals surface area contributed by atoms with Crippen molar-refractivity contribution in [3.8, 4) is 11.5 Å². The summed E-state index contributed by atoms with van der Waals surface area (Å²) in [5, 5.41) is 2.98. The van der Waals surface area contributed by atoms with Crippen LogP contribution < -0.4 is 14.8 Å². The third kappa shape index (κ3) is 3.31. The average molecular weight is 369 g/mol. The number of carbonyl (C=O) groups excluding carboxylic acids is 2. The molecule has 0 saturated heterocycles. The molecular formula is C21H23NO5. The molecule has 0 spiro atoms. The van der Waals surface area contributed by atoms with Crippen molar-refractivity contribution in [3.63, 3.8) is 0 Å². The van der Waals surface area contributed by atoms with Gasteiger partial charge in [0.25, 0.3) is 5.91 Å². The number of hydrogen-bond acceptors (Lipinski definition) is 5. The predicted octanol–water partition coefficient (Wildman–Crippen LogP) is 3.76. The smallest absolute Gasteiger partial charge is 0.256 e. The van der Waals surface area contributed by atoms with Gasteiger partial charge >= 0.3 is 0 Å². The van der Waals surface area contributed by atoms with Gasteiger partial charge in [-0.15, -0.1) is 0 Å². The maximum absolute atomic E-state index is 12.9. The maximum atomic E-state index is 12.9. The fraction of sp³-hybridized carbons (Fsp3) is 0.429. The van der Waals surface area contributed by atoms with Crippen LogP contribution in [0.4, 0.5) is 0 Å². The van der Waals surface area contributed by atoms with Crippen LogP contribution >= 0.6 is 0 Å². The Bertz CT molecular complexity index is 898. The minimum absolute atomic E-state index is 0.0125. The van der Waals surface area contributed by atoms with Crippen LogP contribution in [0.15, 0.2) is 22.6 Å². The van der Waals surface area contributed by atoms with Gasteiger partial charge in [-0.3, -0.25) is 9.59 Å². The number of benzene rings is 1. The van der Waals surface area contributed by atoms with E-state index in [1.54, 1.807) is 6.92 Å². The fourth-order valence-corrected chi connectivity index (χ4v) is 3.68. The van der Waals surface area contributed by atoms with Gasteiger partial charge in [0.15, 0.2) is 17.3 Å². The van der Waals surface area contributed by atoms with E-state index in [2.05, 4.69) is 5.32 Å². The van der Waals surface area contributed by atoms with Crippen molar-refractivity contribution in [2.45, 2.75) is 45.6 Å². The zero-order valence-corrected chi connectivity index (χ0v) is 15.6. The predicted molar refractivity (Wildman–Crippen MR) is 98.6 cm³/mol. The summed E-state index contributed by atoms with van der Waals surface area (Å²) in [6.45, 7) is 4.89. The van der Waals surface area contributed by atoms with Crippen molar-refractivity contribution in [3.05, 3.63) is 46.4 Å². The highest BCUT2D eigenvalue weighted by Crippen LogP contribution is 2.33. The lowest BCUT2D eigenvalue weighted by atomic mass is 9.93. The third-order valence-electron chi connectivity index (χ3n) is 5.09. The Morgan fingerprint density at radius 3 is 2.70 bits per heavy atom. The lowest BCUT2D eigenvalue weighted by molar-refractivity contribution is 0.0918. The van der Waals surface area contributed by atoms with Crippen molar-refractivity contribution in [2.75, 3.05) is 13.2 Å². The SMILES string of the molecule is Cc1oc2c(c1C(=O)N[C@H](C)c1ccc3c(c1)OCCCO3)C(=O)CCC2. The monoisotopic (exact) mass is 369 g/mol. The standard InChI is InChI=1S/C21H23NO5/c1-12(14-7-8-16-18(11-14)26-10-4-9-25-16)22-21(24)19-13(2)27-17-6-3-5-15(23)20(17)19/h7-8,11-12H,3-6,9-10H2,1-2H3,(H,22,24)/t12-/m1/s1. The summed E-state index contributed by atoms with van der Waals surface area (Å²) in [6, 6.07) is 5.43. The summed E-state index contributed by atoms with van der Waals surface area (Å²) in [5.41, 5.74) is 1.74. The Kier molecular flexibility index (Phi) is 4.64. The minimum atomic E-state index is -0.285. The van der Waals surface area contributed by atoms with E-state index in [0.29, 0.717) is 54.5 Å². The molecule has 0 bridgehead atoms. The van der Waals surface area contributed by atoms with E-state index in [1.807, 2.05) is 25.1 Å². The topological polar surface area (TPSA) is 77.8 Å². The number of ketones is 1. The van der Waals surface area contributed by atoms with Crippen molar-refractivity contribution in [1.29, 1.82) is 0 Å². The number of ether oxygens (including phenoxy) is 2. The molecular weight excluding hydrogens is 346 g/mol. The molecule has 4 rings (SSSR count). The van der Waals surface area contributed by atoms with Crippen LogP contribution in [-0.2, 0) is 6.42 Å². The van der Waals surface area contributed by atoms with Gasteiger partial charge in [-0.05, 0) is 38.0 Å². The van der Waals surface area contributed by atoms with Gasteiger partial charge < -0.3 is 19.2 Å². The van der Waals surface area contributed by atoms with Gasteiger partial charge in [-0.1, -0.05) is 6.07 Å². The van der Waals surface area contributed by atoms with E-state index in [0.717, 1.165) is 24.2 Å². The molecule has 0 fully saturated rings. The lowest BCUT2D eigenvalue weighted by Crippen LogP contribution is -2.28. The number of carbonyl (C=O) groups is 2. The highest BCUT2D eigenvalue weighted by atomic mass is 16.5. The number of amides is 1. The van der Waals surface area contributed by atoms with Crippen LogP contribution in [-0.4, -0.2) is 24.9 Å². The Morgan fingerprint density at radius 2 is 1.89 bits per heavy atom. The number of rotatable bonds is 3.